The molecule has 0 saturated heterocycles. The molecule has 0 spiro atoms. The molecule has 0 aliphatic heterocycles. The van der Waals surface area contributed by atoms with Crippen molar-refractivity contribution in [2.45, 2.75) is 25.7 Å². The van der Waals surface area contributed by atoms with Crippen LogP contribution in [0, 0.1) is 13.8 Å². The zero-order chi connectivity index (χ0) is 16.3. The minimum absolute atomic E-state index is 0.0643. The van der Waals surface area contributed by atoms with Crippen LogP contribution in [0.25, 0.3) is 0 Å². The summed E-state index contributed by atoms with van der Waals surface area (Å²) in [5.74, 6) is -0.368. The molecule has 5 heteroatoms. The van der Waals surface area contributed by atoms with Gasteiger partial charge in [-0.3, -0.25) is 0 Å². The third-order valence-electron chi connectivity index (χ3n) is 3.55. The summed E-state index contributed by atoms with van der Waals surface area (Å²) in [6.45, 7) is 3.82. The first-order chi connectivity index (χ1) is 10.3. The van der Waals surface area contributed by atoms with Crippen molar-refractivity contribution in [3.05, 3.63) is 69.7 Å². The second-order valence-electron chi connectivity index (χ2n) is 5.55. The van der Waals surface area contributed by atoms with E-state index >= 15 is 0 Å². The first-order valence-corrected chi connectivity index (χ1v) is 9.17. The van der Waals surface area contributed by atoms with Gasteiger partial charge >= 0.3 is 0 Å². The molecule has 0 bridgehead atoms. The molecule has 0 amide bonds. The van der Waals surface area contributed by atoms with Crippen molar-refractivity contribution in [2.24, 2.45) is 0 Å². The fourth-order valence-electron chi connectivity index (χ4n) is 2.27. The molecule has 0 heterocycles. The van der Waals surface area contributed by atoms with Crippen LogP contribution >= 0.6 is 11.6 Å². The zero-order valence-electron chi connectivity index (χ0n) is 12.6. The fraction of sp³-hybridized carbons (Fsp3) is 0.294. The van der Waals surface area contributed by atoms with Gasteiger partial charge < -0.3 is 5.11 Å². The Kier molecular flexibility index (Phi) is 5.27. The highest BCUT2D eigenvalue weighted by Crippen LogP contribution is 2.21. The predicted molar refractivity (Wildman–Crippen MR) is 89.8 cm³/mol. The van der Waals surface area contributed by atoms with E-state index in [4.69, 9.17) is 11.6 Å². The van der Waals surface area contributed by atoms with Crippen molar-refractivity contribution in [2.75, 3.05) is 5.75 Å². The smallest absolute Gasteiger partial charge is 0.157 e. The average Bonchev–Trinajstić information content (AvgIpc) is 2.42. The second-order valence-corrected chi connectivity index (χ2v) is 8.10. The number of aliphatic hydroxyl groups is 1. The molecular formula is C17H19ClO3S. The van der Waals surface area contributed by atoms with E-state index < -0.39 is 15.9 Å². The molecule has 0 radical (unpaired) electrons. The molecule has 2 rings (SSSR count). The molecule has 22 heavy (non-hydrogen) atoms. The van der Waals surface area contributed by atoms with Gasteiger partial charge in [0.05, 0.1) is 17.6 Å². The third kappa shape index (κ3) is 4.57. The number of halogens is 1. The highest BCUT2D eigenvalue weighted by molar-refractivity contribution is 7.90. The van der Waals surface area contributed by atoms with E-state index in [2.05, 4.69) is 0 Å². The van der Waals surface area contributed by atoms with Crippen LogP contribution in [0.4, 0.5) is 0 Å². The van der Waals surface area contributed by atoms with Gasteiger partial charge in [-0.15, -0.1) is 0 Å². The third-order valence-corrected chi connectivity index (χ3v) is 5.37. The largest absolute Gasteiger partial charge is 0.387 e. The Hall–Kier alpha value is -1.36. The molecular weight excluding hydrogens is 320 g/mol. The Labute approximate surface area is 136 Å². The van der Waals surface area contributed by atoms with Gasteiger partial charge in [0.2, 0.25) is 0 Å². The molecule has 3 nitrogen and oxygen atoms in total. The van der Waals surface area contributed by atoms with Crippen molar-refractivity contribution in [3.63, 3.8) is 0 Å². The minimum atomic E-state index is -3.41. The molecule has 1 atom stereocenters. The maximum Gasteiger partial charge on any atom is 0.157 e. The van der Waals surface area contributed by atoms with Crippen LogP contribution < -0.4 is 0 Å². The molecule has 118 valence electrons. The lowest BCUT2D eigenvalue weighted by Crippen LogP contribution is -2.17. The highest BCUT2D eigenvalue weighted by Gasteiger charge is 2.20. The molecule has 1 unspecified atom stereocenters. The quantitative estimate of drug-likeness (QED) is 0.906. The summed E-state index contributed by atoms with van der Waals surface area (Å²) in [5, 5.41) is 10.7. The van der Waals surface area contributed by atoms with Crippen molar-refractivity contribution < 1.29 is 13.5 Å². The van der Waals surface area contributed by atoms with Gasteiger partial charge in [-0.05, 0) is 42.7 Å². The van der Waals surface area contributed by atoms with E-state index in [1.54, 1.807) is 24.3 Å². The number of benzene rings is 2. The molecule has 0 aliphatic rings. The summed E-state index contributed by atoms with van der Waals surface area (Å²) in [5.41, 5.74) is 3.29. The molecule has 0 aliphatic carbocycles. The van der Waals surface area contributed by atoms with Gasteiger partial charge in [-0.1, -0.05) is 47.5 Å². The maximum absolute atomic E-state index is 12.3. The van der Waals surface area contributed by atoms with Crippen LogP contribution in [-0.4, -0.2) is 19.3 Å². The fourth-order valence-corrected chi connectivity index (χ4v) is 3.98. The first kappa shape index (κ1) is 17.0. The standard InChI is InChI=1S/C17H19ClO3S/c1-12-3-4-13(2)15(9-12)10-22(20,21)11-17(19)14-5-7-16(18)8-6-14/h3-9,17,19H,10-11H2,1-2H3. The second kappa shape index (κ2) is 6.82. The summed E-state index contributed by atoms with van der Waals surface area (Å²) in [7, 11) is -3.41. The SMILES string of the molecule is Cc1ccc(C)c(CS(=O)(=O)CC(O)c2ccc(Cl)cc2)c1. The number of aliphatic hydroxyl groups excluding tert-OH is 1. The monoisotopic (exact) mass is 338 g/mol. The summed E-state index contributed by atoms with van der Waals surface area (Å²) in [4.78, 5) is 0. The Morgan fingerprint density at radius 3 is 2.36 bits per heavy atom. The van der Waals surface area contributed by atoms with Crippen molar-refractivity contribution in [3.8, 4) is 0 Å². The zero-order valence-corrected chi connectivity index (χ0v) is 14.2. The summed E-state index contributed by atoms with van der Waals surface area (Å²) < 4.78 is 24.7. The predicted octanol–water partition coefficient (Wildman–Crippen LogP) is 3.61. The van der Waals surface area contributed by atoms with Crippen LogP contribution in [0.5, 0.6) is 0 Å². The molecule has 1 N–H and O–H groups in total. The van der Waals surface area contributed by atoms with E-state index in [9.17, 15) is 13.5 Å². The Morgan fingerprint density at radius 2 is 1.73 bits per heavy atom. The first-order valence-electron chi connectivity index (χ1n) is 6.97. The number of sulfone groups is 1. The van der Waals surface area contributed by atoms with Gasteiger partial charge in [-0.2, -0.15) is 0 Å². The van der Waals surface area contributed by atoms with Gasteiger partial charge in [0.1, 0.15) is 0 Å². The van der Waals surface area contributed by atoms with Gasteiger partial charge in [0, 0.05) is 5.02 Å². The van der Waals surface area contributed by atoms with Crippen molar-refractivity contribution in [1.29, 1.82) is 0 Å². The number of rotatable bonds is 5. The van der Waals surface area contributed by atoms with E-state index in [1.807, 2.05) is 32.0 Å². The normalized spacial score (nSPS) is 13.1. The minimum Gasteiger partial charge on any atom is -0.387 e. The van der Waals surface area contributed by atoms with E-state index in [1.165, 1.54) is 0 Å². The van der Waals surface area contributed by atoms with Gasteiger partial charge in [0.25, 0.3) is 0 Å². The molecule has 0 fully saturated rings. The van der Waals surface area contributed by atoms with E-state index in [-0.39, 0.29) is 11.5 Å². The highest BCUT2D eigenvalue weighted by atomic mass is 35.5. The molecule has 2 aromatic rings. The topological polar surface area (TPSA) is 54.4 Å². The van der Waals surface area contributed by atoms with E-state index in [0.717, 1.165) is 16.7 Å². The van der Waals surface area contributed by atoms with Crippen molar-refractivity contribution >= 4 is 21.4 Å². The number of hydrogen-bond donors (Lipinski definition) is 1. The van der Waals surface area contributed by atoms with Crippen LogP contribution in [0.3, 0.4) is 0 Å². The summed E-state index contributed by atoms with van der Waals surface area (Å²) >= 11 is 5.79. The summed E-state index contributed by atoms with van der Waals surface area (Å²) in [6.07, 6.45) is -1.05. The summed E-state index contributed by atoms with van der Waals surface area (Å²) in [6, 6.07) is 12.3. The van der Waals surface area contributed by atoms with Crippen LogP contribution in [0.2, 0.25) is 5.02 Å². The number of aryl methyl sites for hydroxylation is 2. The molecule has 2 aromatic carbocycles. The van der Waals surface area contributed by atoms with Gasteiger partial charge in [-0.25, -0.2) is 8.42 Å². The maximum atomic E-state index is 12.3. The lowest BCUT2D eigenvalue weighted by Gasteiger charge is -2.13. The molecule has 0 saturated carbocycles. The van der Waals surface area contributed by atoms with Gasteiger partial charge in [0.15, 0.2) is 9.84 Å². The lowest BCUT2D eigenvalue weighted by molar-refractivity contribution is 0.201. The Balaban J connectivity index is 2.13. The average molecular weight is 339 g/mol. The lowest BCUT2D eigenvalue weighted by atomic mass is 10.1. The van der Waals surface area contributed by atoms with Crippen LogP contribution in [0.1, 0.15) is 28.4 Å². The molecule has 0 aromatic heterocycles. The van der Waals surface area contributed by atoms with Crippen LogP contribution in [-0.2, 0) is 15.6 Å². The Bertz CT molecular complexity index is 752. The Morgan fingerprint density at radius 1 is 1.09 bits per heavy atom. The van der Waals surface area contributed by atoms with E-state index in [0.29, 0.717) is 10.6 Å². The number of hydrogen-bond acceptors (Lipinski definition) is 3. The van der Waals surface area contributed by atoms with Crippen LogP contribution in [0.15, 0.2) is 42.5 Å². The van der Waals surface area contributed by atoms with Crippen molar-refractivity contribution in [1.82, 2.24) is 0 Å².